The quantitative estimate of drug-likeness (QED) is 0.235. The van der Waals surface area contributed by atoms with Crippen molar-refractivity contribution in [2.24, 2.45) is 45.3 Å². The number of hydrogen-bond acceptors (Lipinski definition) is 3. The van der Waals surface area contributed by atoms with Crippen LogP contribution in [-0.4, -0.2) is 15.3 Å². The summed E-state index contributed by atoms with van der Waals surface area (Å²) >= 11 is 0. The lowest BCUT2D eigenvalue weighted by atomic mass is 9.33. The van der Waals surface area contributed by atoms with Crippen LogP contribution in [0.4, 0.5) is 0 Å². The molecule has 8 atom stereocenters. The van der Waals surface area contributed by atoms with Crippen LogP contribution in [0.25, 0.3) is 0 Å². The third kappa shape index (κ3) is 3.00. The van der Waals surface area contributed by atoms with Gasteiger partial charge in [-0.3, -0.25) is 0 Å². The highest BCUT2D eigenvalue weighted by atomic mass is 16.3. The lowest BCUT2D eigenvalue weighted by Crippen LogP contribution is -2.64. The molecule has 3 N–H and O–H groups in total. The third-order valence-electron chi connectivity index (χ3n) is 12.8. The zero-order chi connectivity index (χ0) is 24.7. The van der Waals surface area contributed by atoms with Gasteiger partial charge in [-0.25, -0.2) is 0 Å². The highest BCUT2D eigenvalue weighted by Crippen LogP contribution is 2.75. The molecule has 4 fully saturated rings. The minimum Gasteiger partial charge on any atom is -0.508 e. The predicted molar refractivity (Wildman–Crippen MR) is 138 cm³/mol. The molecule has 1 aromatic rings. The van der Waals surface area contributed by atoms with Gasteiger partial charge in [-0.15, -0.1) is 0 Å². The van der Waals surface area contributed by atoms with Crippen LogP contribution in [0.2, 0.25) is 0 Å². The van der Waals surface area contributed by atoms with Crippen LogP contribution in [0.1, 0.15) is 98.0 Å². The zero-order valence-corrected chi connectivity index (χ0v) is 22.1. The van der Waals surface area contributed by atoms with E-state index in [1.165, 1.54) is 69.4 Å². The molecule has 1 aromatic carbocycles. The van der Waals surface area contributed by atoms with E-state index in [-0.39, 0.29) is 33.5 Å². The Labute approximate surface area is 206 Å². The second-order valence-corrected chi connectivity index (χ2v) is 13.6. The van der Waals surface area contributed by atoms with Crippen molar-refractivity contribution in [3.63, 3.8) is 0 Å². The van der Waals surface area contributed by atoms with Gasteiger partial charge in [0.15, 0.2) is 11.5 Å². The van der Waals surface area contributed by atoms with Crippen molar-refractivity contribution in [1.29, 1.82) is 0 Å². The maximum absolute atomic E-state index is 10.6. The SMILES string of the molecule is C=C1CCC[C@]2(C)[C@H]3CC[C@]4(C)[C@H](Cc5cc(O)c(O)cc5O)[C@@H](C)CC[C@]4(C)[C@@H]3CC[C@@]12C. The molecule has 188 valence electrons. The molecule has 4 aliphatic carbocycles. The molecule has 34 heavy (non-hydrogen) atoms. The van der Waals surface area contributed by atoms with Gasteiger partial charge in [0.05, 0.1) is 0 Å². The van der Waals surface area contributed by atoms with Gasteiger partial charge in [0.25, 0.3) is 0 Å². The molecule has 0 radical (unpaired) electrons. The van der Waals surface area contributed by atoms with E-state index in [1.54, 1.807) is 6.07 Å². The van der Waals surface area contributed by atoms with Crippen LogP contribution >= 0.6 is 0 Å². The van der Waals surface area contributed by atoms with Gasteiger partial charge in [-0.2, -0.15) is 0 Å². The van der Waals surface area contributed by atoms with Crippen molar-refractivity contribution >= 4 is 0 Å². The van der Waals surface area contributed by atoms with Gasteiger partial charge in [-0.05, 0) is 121 Å². The topological polar surface area (TPSA) is 60.7 Å². The molecule has 3 heteroatoms. The van der Waals surface area contributed by atoms with Crippen molar-refractivity contribution in [3.05, 3.63) is 29.8 Å². The molecule has 0 heterocycles. The highest BCUT2D eigenvalue weighted by Gasteiger charge is 2.66. The van der Waals surface area contributed by atoms with Crippen molar-refractivity contribution in [2.45, 2.75) is 98.8 Å². The molecular formula is C31H46O3. The molecule has 0 aromatic heterocycles. The Bertz CT molecular complexity index is 999. The number of phenols is 3. The lowest BCUT2D eigenvalue weighted by Gasteiger charge is -2.71. The first-order valence-electron chi connectivity index (χ1n) is 13.8. The molecule has 0 aliphatic heterocycles. The van der Waals surface area contributed by atoms with Crippen LogP contribution in [0, 0.1) is 45.3 Å². The largest absolute Gasteiger partial charge is 0.508 e. The highest BCUT2D eigenvalue weighted by molar-refractivity contribution is 5.48. The molecular weight excluding hydrogens is 420 g/mol. The molecule has 3 nitrogen and oxygen atoms in total. The summed E-state index contributed by atoms with van der Waals surface area (Å²) in [4.78, 5) is 0. The first-order valence-corrected chi connectivity index (χ1v) is 13.8. The van der Waals surface area contributed by atoms with Crippen LogP contribution in [0.15, 0.2) is 24.3 Å². The predicted octanol–water partition coefficient (Wildman–Crippen LogP) is 7.98. The van der Waals surface area contributed by atoms with Gasteiger partial charge < -0.3 is 15.3 Å². The van der Waals surface area contributed by atoms with Gasteiger partial charge in [0.2, 0.25) is 0 Å². The van der Waals surface area contributed by atoms with E-state index >= 15 is 0 Å². The van der Waals surface area contributed by atoms with Gasteiger partial charge in [0.1, 0.15) is 5.75 Å². The van der Waals surface area contributed by atoms with Crippen molar-refractivity contribution in [3.8, 4) is 17.2 Å². The Morgan fingerprint density at radius 1 is 0.794 bits per heavy atom. The maximum atomic E-state index is 10.6. The summed E-state index contributed by atoms with van der Waals surface area (Å²) in [5.74, 6) is 2.25. The summed E-state index contributed by atoms with van der Waals surface area (Å²) in [6, 6.07) is 2.88. The summed E-state index contributed by atoms with van der Waals surface area (Å²) < 4.78 is 0. The Hall–Kier alpha value is -1.64. The van der Waals surface area contributed by atoms with Crippen LogP contribution in [-0.2, 0) is 6.42 Å². The molecule has 4 saturated carbocycles. The van der Waals surface area contributed by atoms with Gasteiger partial charge >= 0.3 is 0 Å². The number of hydrogen-bond donors (Lipinski definition) is 3. The number of allylic oxidation sites excluding steroid dienone is 1. The molecule has 0 spiro atoms. The fourth-order valence-corrected chi connectivity index (χ4v) is 10.1. The molecule has 4 aliphatic rings. The van der Waals surface area contributed by atoms with Gasteiger partial charge in [0, 0.05) is 6.07 Å². The molecule has 0 saturated heterocycles. The average molecular weight is 467 g/mol. The van der Waals surface area contributed by atoms with Crippen molar-refractivity contribution < 1.29 is 15.3 Å². The molecule has 0 unspecified atom stereocenters. The summed E-state index contributed by atoms with van der Waals surface area (Å²) in [6.45, 7) is 17.3. The fraction of sp³-hybridized carbons (Fsp3) is 0.742. The van der Waals surface area contributed by atoms with Crippen molar-refractivity contribution in [1.82, 2.24) is 0 Å². The minimum atomic E-state index is -0.248. The number of aromatic hydroxyl groups is 3. The lowest BCUT2D eigenvalue weighted by molar-refractivity contribution is -0.210. The Balaban J connectivity index is 1.51. The Morgan fingerprint density at radius 2 is 1.41 bits per heavy atom. The summed E-state index contributed by atoms with van der Waals surface area (Å²) in [5.41, 5.74) is 3.40. The smallest absolute Gasteiger partial charge is 0.161 e. The second kappa shape index (κ2) is 7.68. The van der Waals surface area contributed by atoms with E-state index in [9.17, 15) is 15.3 Å². The van der Waals surface area contributed by atoms with E-state index in [4.69, 9.17) is 0 Å². The van der Waals surface area contributed by atoms with E-state index in [1.807, 2.05) is 0 Å². The summed E-state index contributed by atoms with van der Waals surface area (Å²) in [7, 11) is 0. The van der Waals surface area contributed by atoms with Crippen LogP contribution in [0.3, 0.4) is 0 Å². The van der Waals surface area contributed by atoms with E-state index in [0.29, 0.717) is 17.3 Å². The maximum Gasteiger partial charge on any atom is 0.161 e. The Morgan fingerprint density at radius 3 is 2.15 bits per heavy atom. The fourth-order valence-electron chi connectivity index (χ4n) is 10.1. The molecule has 0 amide bonds. The minimum absolute atomic E-state index is 0.105. The Kier molecular flexibility index (Phi) is 5.44. The first-order chi connectivity index (χ1) is 15.9. The number of rotatable bonds is 2. The van der Waals surface area contributed by atoms with E-state index < -0.39 is 0 Å². The number of fused-ring (bicyclic) bond motifs is 5. The first kappa shape index (κ1) is 24.1. The van der Waals surface area contributed by atoms with Gasteiger partial charge in [-0.1, -0.05) is 46.8 Å². The zero-order valence-electron chi connectivity index (χ0n) is 22.1. The van der Waals surface area contributed by atoms with Crippen LogP contribution < -0.4 is 0 Å². The second-order valence-electron chi connectivity index (χ2n) is 13.6. The number of benzene rings is 1. The number of phenolic OH excluding ortho intramolecular Hbond substituents is 3. The average Bonchev–Trinajstić information content (AvgIpc) is 2.77. The summed E-state index contributed by atoms with van der Waals surface area (Å²) in [5, 5.41) is 30.6. The molecule has 5 rings (SSSR count). The van der Waals surface area contributed by atoms with Crippen LogP contribution in [0.5, 0.6) is 17.2 Å². The third-order valence-corrected chi connectivity index (χ3v) is 12.8. The van der Waals surface area contributed by atoms with E-state index in [0.717, 1.165) is 23.8 Å². The summed E-state index contributed by atoms with van der Waals surface area (Å²) in [6.07, 6.45) is 12.3. The monoisotopic (exact) mass is 466 g/mol. The normalized spacial score (nSPS) is 46.3. The standard InChI is InChI=1S/C31H46O3/c1-19-9-13-30(5)23-10-14-28(3)20(2)8-7-12-29(28,4)22(23)11-15-31(30,6)24(19)16-21-17-26(33)27(34)18-25(21)32/h17-19,22-24,32-34H,2,7-16H2,1,3-6H3/t19-,22-,23+,24+,28-,29+,30+,31+/m0/s1. The molecule has 0 bridgehead atoms. The van der Waals surface area contributed by atoms with E-state index in [2.05, 4.69) is 41.2 Å². The van der Waals surface area contributed by atoms with Crippen molar-refractivity contribution in [2.75, 3.05) is 0 Å².